The van der Waals surface area contributed by atoms with Gasteiger partial charge >= 0.3 is 5.97 Å². The number of H-pyrrole nitrogens is 1. The van der Waals surface area contributed by atoms with Gasteiger partial charge in [0.2, 0.25) is 0 Å². The summed E-state index contributed by atoms with van der Waals surface area (Å²) < 4.78 is 5.02. The summed E-state index contributed by atoms with van der Waals surface area (Å²) in [5.74, 6) is 0.315. The van der Waals surface area contributed by atoms with Gasteiger partial charge in [0.1, 0.15) is 12.4 Å². The molecule has 2 aromatic carbocycles. The molecular weight excluding hydrogens is 300 g/mol. The molecule has 0 aliphatic carbocycles. The zero-order valence-electron chi connectivity index (χ0n) is 11.7. The van der Waals surface area contributed by atoms with Gasteiger partial charge in [0.05, 0.1) is 16.6 Å². The van der Waals surface area contributed by atoms with Crippen LogP contribution in [0.5, 0.6) is 0 Å². The summed E-state index contributed by atoms with van der Waals surface area (Å²) in [7, 11) is 0. The van der Waals surface area contributed by atoms with Crippen LogP contribution in [-0.4, -0.2) is 22.5 Å². The van der Waals surface area contributed by atoms with E-state index in [1.54, 1.807) is 24.3 Å². The van der Waals surface area contributed by atoms with Crippen LogP contribution in [0.25, 0.3) is 22.4 Å². The van der Waals surface area contributed by atoms with E-state index in [1.807, 2.05) is 18.2 Å². The highest BCUT2D eigenvalue weighted by Crippen LogP contribution is 2.23. The number of carbonyl (C=O) groups excluding carboxylic acids is 1. The van der Waals surface area contributed by atoms with Crippen molar-refractivity contribution in [2.24, 2.45) is 0 Å². The van der Waals surface area contributed by atoms with E-state index in [-0.39, 0.29) is 12.6 Å². The highest BCUT2D eigenvalue weighted by molar-refractivity contribution is 6.30. The number of rotatable bonds is 4. The van der Waals surface area contributed by atoms with E-state index in [0.717, 1.165) is 16.6 Å². The maximum atomic E-state index is 11.8. The zero-order chi connectivity index (χ0) is 15.5. The van der Waals surface area contributed by atoms with Crippen molar-refractivity contribution in [3.63, 3.8) is 0 Å². The Hall–Kier alpha value is -2.59. The number of benzene rings is 2. The summed E-state index contributed by atoms with van der Waals surface area (Å²) in [5.41, 5.74) is 2.90. The Morgan fingerprint density at radius 2 is 2.18 bits per heavy atom. The SMILES string of the molecule is C=CCOC(=O)c1ccc2nc(-c3cccc(Cl)c3)[nH]c2c1. The molecule has 0 atom stereocenters. The minimum absolute atomic E-state index is 0.188. The smallest absolute Gasteiger partial charge is 0.338 e. The molecule has 0 fully saturated rings. The number of hydrogen-bond acceptors (Lipinski definition) is 3. The maximum absolute atomic E-state index is 11.8. The third kappa shape index (κ3) is 2.87. The molecule has 0 saturated heterocycles. The van der Waals surface area contributed by atoms with Crippen molar-refractivity contribution in [1.82, 2.24) is 9.97 Å². The van der Waals surface area contributed by atoms with Crippen LogP contribution in [0, 0.1) is 0 Å². The summed E-state index contributed by atoms with van der Waals surface area (Å²) >= 11 is 6.00. The normalized spacial score (nSPS) is 10.6. The number of nitrogens with one attached hydrogen (secondary N) is 1. The van der Waals surface area contributed by atoms with E-state index < -0.39 is 0 Å². The Bertz CT molecular complexity index is 855. The average molecular weight is 313 g/mol. The predicted octanol–water partition coefficient (Wildman–Crippen LogP) is 4.23. The lowest BCUT2D eigenvalue weighted by Gasteiger charge is -2.01. The largest absolute Gasteiger partial charge is 0.458 e. The van der Waals surface area contributed by atoms with Gasteiger partial charge in [0.15, 0.2) is 0 Å². The fourth-order valence-electron chi connectivity index (χ4n) is 2.13. The third-order valence-electron chi connectivity index (χ3n) is 3.15. The number of nitrogens with zero attached hydrogens (tertiary/aromatic N) is 1. The molecule has 0 unspecified atom stereocenters. The second-order valence-corrected chi connectivity index (χ2v) is 5.15. The Morgan fingerprint density at radius 1 is 1.32 bits per heavy atom. The molecule has 0 spiro atoms. The Balaban J connectivity index is 1.96. The molecule has 0 amide bonds. The number of ether oxygens (including phenoxy) is 1. The van der Waals surface area contributed by atoms with E-state index in [2.05, 4.69) is 16.5 Å². The number of carbonyl (C=O) groups is 1. The fraction of sp³-hybridized carbons (Fsp3) is 0.0588. The fourth-order valence-corrected chi connectivity index (χ4v) is 2.32. The van der Waals surface area contributed by atoms with Crippen molar-refractivity contribution in [2.45, 2.75) is 0 Å². The van der Waals surface area contributed by atoms with Crippen LogP contribution < -0.4 is 0 Å². The van der Waals surface area contributed by atoms with Gasteiger partial charge in [0.25, 0.3) is 0 Å². The first-order chi connectivity index (χ1) is 10.7. The van der Waals surface area contributed by atoms with Crippen LogP contribution in [0.3, 0.4) is 0 Å². The van der Waals surface area contributed by atoms with Crippen LogP contribution in [0.15, 0.2) is 55.1 Å². The molecule has 1 heterocycles. The number of halogens is 1. The number of aromatic amines is 1. The maximum Gasteiger partial charge on any atom is 0.338 e. The molecule has 3 rings (SSSR count). The molecule has 0 bridgehead atoms. The van der Waals surface area contributed by atoms with Crippen LogP contribution in [-0.2, 0) is 4.74 Å². The van der Waals surface area contributed by atoms with Crippen molar-refractivity contribution in [2.75, 3.05) is 6.61 Å². The van der Waals surface area contributed by atoms with Crippen molar-refractivity contribution in [1.29, 1.82) is 0 Å². The first-order valence-electron chi connectivity index (χ1n) is 6.71. The highest BCUT2D eigenvalue weighted by Gasteiger charge is 2.10. The van der Waals surface area contributed by atoms with Gasteiger partial charge in [-0.25, -0.2) is 9.78 Å². The molecule has 1 aromatic heterocycles. The van der Waals surface area contributed by atoms with Crippen molar-refractivity contribution in [3.05, 3.63) is 65.7 Å². The number of aromatic nitrogens is 2. The minimum Gasteiger partial charge on any atom is -0.458 e. The van der Waals surface area contributed by atoms with E-state index in [9.17, 15) is 4.79 Å². The van der Waals surface area contributed by atoms with Crippen LogP contribution >= 0.6 is 11.6 Å². The van der Waals surface area contributed by atoms with Crippen molar-refractivity contribution >= 4 is 28.6 Å². The Labute approximate surface area is 132 Å². The van der Waals surface area contributed by atoms with Gasteiger partial charge < -0.3 is 9.72 Å². The predicted molar refractivity (Wildman–Crippen MR) is 87.0 cm³/mol. The number of imidazole rings is 1. The molecule has 4 nitrogen and oxygen atoms in total. The number of hydrogen-bond donors (Lipinski definition) is 1. The topological polar surface area (TPSA) is 55.0 Å². The van der Waals surface area contributed by atoms with Gasteiger partial charge in [-0.1, -0.05) is 36.4 Å². The molecule has 22 heavy (non-hydrogen) atoms. The molecule has 3 aromatic rings. The Kier molecular flexibility index (Phi) is 3.94. The second-order valence-electron chi connectivity index (χ2n) is 4.71. The standard InChI is InChI=1S/C17H13ClN2O2/c1-2-8-22-17(21)12-6-7-14-15(10-12)20-16(19-14)11-4-3-5-13(18)9-11/h2-7,9-10H,1,8H2,(H,19,20). The lowest BCUT2D eigenvalue weighted by molar-refractivity contribution is 0.0550. The third-order valence-corrected chi connectivity index (χ3v) is 3.38. The van der Waals surface area contributed by atoms with Gasteiger partial charge in [-0.15, -0.1) is 0 Å². The summed E-state index contributed by atoms with van der Waals surface area (Å²) in [4.78, 5) is 19.5. The van der Waals surface area contributed by atoms with Gasteiger partial charge in [-0.05, 0) is 30.3 Å². The first kappa shape index (κ1) is 14.4. The lowest BCUT2D eigenvalue weighted by Crippen LogP contribution is -2.04. The lowest BCUT2D eigenvalue weighted by atomic mass is 10.2. The van der Waals surface area contributed by atoms with E-state index >= 15 is 0 Å². The molecule has 5 heteroatoms. The molecule has 1 N–H and O–H groups in total. The van der Waals surface area contributed by atoms with E-state index in [4.69, 9.17) is 16.3 Å². The van der Waals surface area contributed by atoms with Crippen LogP contribution in [0.4, 0.5) is 0 Å². The molecule has 0 saturated carbocycles. The number of fused-ring (bicyclic) bond motifs is 1. The minimum atomic E-state index is -0.388. The molecular formula is C17H13ClN2O2. The van der Waals surface area contributed by atoms with E-state index in [0.29, 0.717) is 16.4 Å². The van der Waals surface area contributed by atoms with E-state index in [1.165, 1.54) is 6.08 Å². The van der Waals surface area contributed by atoms with Gasteiger partial charge in [-0.2, -0.15) is 0 Å². The van der Waals surface area contributed by atoms with Gasteiger partial charge in [0, 0.05) is 10.6 Å². The summed E-state index contributed by atoms with van der Waals surface area (Å²) in [5, 5.41) is 0.645. The molecule has 0 aliphatic heterocycles. The second kappa shape index (κ2) is 6.03. The molecule has 0 radical (unpaired) electrons. The quantitative estimate of drug-likeness (QED) is 0.579. The van der Waals surface area contributed by atoms with Crippen LogP contribution in [0.1, 0.15) is 10.4 Å². The molecule has 110 valence electrons. The Morgan fingerprint density at radius 3 is 2.95 bits per heavy atom. The first-order valence-corrected chi connectivity index (χ1v) is 7.09. The highest BCUT2D eigenvalue weighted by atomic mass is 35.5. The van der Waals surface area contributed by atoms with Crippen molar-refractivity contribution < 1.29 is 9.53 Å². The summed E-state index contributed by atoms with van der Waals surface area (Å²) in [6.07, 6.45) is 1.53. The monoisotopic (exact) mass is 312 g/mol. The summed E-state index contributed by atoms with van der Waals surface area (Å²) in [6.45, 7) is 3.70. The summed E-state index contributed by atoms with van der Waals surface area (Å²) in [6, 6.07) is 12.6. The van der Waals surface area contributed by atoms with Crippen LogP contribution in [0.2, 0.25) is 5.02 Å². The van der Waals surface area contributed by atoms with Crippen molar-refractivity contribution in [3.8, 4) is 11.4 Å². The molecule has 0 aliphatic rings. The van der Waals surface area contributed by atoms with Gasteiger partial charge in [-0.3, -0.25) is 0 Å². The average Bonchev–Trinajstić information content (AvgIpc) is 2.95. The zero-order valence-corrected chi connectivity index (χ0v) is 12.4. The number of esters is 1.